The Kier molecular flexibility index (Phi) is 3.04. The summed E-state index contributed by atoms with van der Waals surface area (Å²) in [7, 11) is 1.65. The Morgan fingerprint density at radius 2 is 1.95 bits per heavy atom. The predicted molar refractivity (Wildman–Crippen MR) is 73.0 cm³/mol. The molecule has 1 aromatic heterocycles. The lowest BCUT2D eigenvalue weighted by Gasteiger charge is -2.28. The molecule has 5 nitrogen and oxygen atoms in total. The summed E-state index contributed by atoms with van der Waals surface area (Å²) in [5.74, 6) is -1.54. The van der Waals surface area contributed by atoms with E-state index in [4.69, 9.17) is 0 Å². The molecular weight excluding hydrogens is 256 g/mol. The molecular formula is C15H16N2O3. The molecule has 4 unspecified atom stereocenters. The van der Waals surface area contributed by atoms with Crippen molar-refractivity contribution in [2.45, 2.75) is 6.42 Å². The zero-order valence-electron chi connectivity index (χ0n) is 11.1. The largest absolute Gasteiger partial charge is 0.481 e. The van der Waals surface area contributed by atoms with Gasteiger partial charge in [-0.1, -0.05) is 18.2 Å². The van der Waals surface area contributed by atoms with Crippen LogP contribution in [0.15, 0.2) is 36.5 Å². The van der Waals surface area contributed by atoms with E-state index in [9.17, 15) is 14.7 Å². The molecule has 3 rings (SSSR count). The Bertz CT molecular complexity index is 570. The van der Waals surface area contributed by atoms with Crippen molar-refractivity contribution in [3.63, 3.8) is 0 Å². The zero-order valence-corrected chi connectivity index (χ0v) is 11.1. The highest BCUT2D eigenvalue weighted by Crippen LogP contribution is 2.48. The minimum absolute atomic E-state index is 0.0106. The van der Waals surface area contributed by atoms with Crippen LogP contribution >= 0.6 is 0 Å². The quantitative estimate of drug-likeness (QED) is 0.848. The maximum Gasteiger partial charge on any atom is 0.307 e. The van der Waals surface area contributed by atoms with Gasteiger partial charge in [-0.2, -0.15) is 0 Å². The molecule has 0 aromatic carbocycles. The topological polar surface area (TPSA) is 70.5 Å². The van der Waals surface area contributed by atoms with Crippen LogP contribution in [0.25, 0.3) is 0 Å². The number of carboxylic acids is 1. The molecule has 1 amide bonds. The highest BCUT2D eigenvalue weighted by Gasteiger charge is 2.52. The molecule has 1 saturated carbocycles. The van der Waals surface area contributed by atoms with Crippen LogP contribution in [-0.2, 0) is 9.59 Å². The molecule has 2 aliphatic carbocycles. The van der Waals surface area contributed by atoms with Gasteiger partial charge in [0.2, 0.25) is 5.91 Å². The number of hydrogen-bond donors (Lipinski definition) is 1. The van der Waals surface area contributed by atoms with Crippen LogP contribution < -0.4 is 4.90 Å². The molecule has 4 atom stereocenters. The summed E-state index contributed by atoms with van der Waals surface area (Å²) in [5, 5.41) is 9.39. The number of aliphatic carboxylic acids is 1. The Hall–Kier alpha value is -2.17. The molecule has 1 fully saturated rings. The number of rotatable bonds is 3. The average Bonchev–Trinajstić information content (AvgIpc) is 3.07. The summed E-state index contributed by atoms with van der Waals surface area (Å²) >= 11 is 0. The van der Waals surface area contributed by atoms with E-state index >= 15 is 0 Å². The SMILES string of the molecule is CN(C(=O)C1C2C=CC(C2)C1C(=O)O)c1ccccn1. The van der Waals surface area contributed by atoms with Crippen molar-refractivity contribution >= 4 is 17.7 Å². The maximum atomic E-state index is 12.6. The lowest BCUT2D eigenvalue weighted by atomic mass is 9.82. The smallest absolute Gasteiger partial charge is 0.307 e. The molecule has 2 bridgehead atoms. The Labute approximate surface area is 116 Å². The molecule has 1 heterocycles. The average molecular weight is 272 g/mol. The van der Waals surface area contributed by atoms with Gasteiger partial charge >= 0.3 is 5.97 Å². The van der Waals surface area contributed by atoms with Gasteiger partial charge in [-0.3, -0.25) is 14.5 Å². The van der Waals surface area contributed by atoms with Gasteiger partial charge in [0, 0.05) is 13.2 Å². The number of anilines is 1. The van der Waals surface area contributed by atoms with Gasteiger partial charge in [0.25, 0.3) is 0 Å². The lowest BCUT2D eigenvalue weighted by molar-refractivity contribution is -0.147. The number of fused-ring (bicyclic) bond motifs is 2. The van der Waals surface area contributed by atoms with Crippen molar-refractivity contribution in [1.82, 2.24) is 4.98 Å². The molecule has 1 N–H and O–H groups in total. The first kappa shape index (κ1) is 12.8. The first-order valence-corrected chi connectivity index (χ1v) is 6.69. The van der Waals surface area contributed by atoms with Crippen LogP contribution in [0.1, 0.15) is 6.42 Å². The van der Waals surface area contributed by atoms with Gasteiger partial charge in [0.1, 0.15) is 5.82 Å². The number of amides is 1. The lowest BCUT2D eigenvalue weighted by Crippen LogP contribution is -2.41. The van der Waals surface area contributed by atoms with Crippen LogP contribution in [0.4, 0.5) is 5.82 Å². The number of carbonyl (C=O) groups is 2. The van der Waals surface area contributed by atoms with Gasteiger partial charge < -0.3 is 5.11 Å². The fourth-order valence-corrected chi connectivity index (χ4v) is 3.38. The fraction of sp³-hybridized carbons (Fsp3) is 0.400. The summed E-state index contributed by atoms with van der Waals surface area (Å²) in [6, 6.07) is 5.33. The number of hydrogen-bond acceptors (Lipinski definition) is 3. The number of nitrogens with zero attached hydrogens (tertiary/aromatic N) is 2. The van der Waals surface area contributed by atoms with E-state index in [2.05, 4.69) is 4.98 Å². The highest BCUT2D eigenvalue weighted by atomic mass is 16.4. The van der Waals surface area contributed by atoms with E-state index in [1.165, 1.54) is 4.90 Å². The Balaban J connectivity index is 1.87. The van der Waals surface area contributed by atoms with Crippen LogP contribution in [0.2, 0.25) is 0 Å². The molecule has 104 valence electrons. The van der Waals surface area contributed by atoms with Crippen molar-refractivity contribution in [3.05, 3.63) is 36.5 Å². The summed E-state index contributed by atoms with van der Waals surface area (Å²) in [5.41, 5.74) is 0. The van der Waals surface area contributed by atoms with Crippen LogP contribution in [0.5, 0.6) is 0 Å². The first-order chi connectivity index (χ1) is 9.59. The predicted octanol–water partition coefficient (Wildman–Crippen LogP) is 1.57. The van der Waals surface area contributed by atoms with Crippen LogP contribution in [-0.4, -0.2) is 29.0 Å². The first-order valence-electron chi connectivity index (χ1n) is 6.69. The fourth-order valence-electron chi connectivity index (χ4n) is 3.38. The van der Waals surface area contributed by atoms with E-state index < -0.39 is 17.8 Å². The monoisotopic (exact) mass is 272 g/mol. The minimum Gasteiger partial charge on any atom is -0.481 e. The van der Waals surface area contributed by atoms with E-state index in [-0.39, 0.29) is 17.7 Å². The Morgan fingerprint density at radius 1 is 1.25 bits per heavy atom. The second-order valence-corrected chi connectivity index (χ2v) is 5.42. The van der Waals surface area contributed by atoms with E-state index in [1.807, 2.05) is 18.2 Å². The van der Waals surface area contributed by atoms with Crippen molar-refractivity contribution in [3.8, 4) is 0 Å². The van der Waals surface area contributed by atoms with Crippen LogP contribution in [0.3, 0.4) is 0 Å². The van der Waals surface area contributed by atoms with Crippen molar-refractivity contribution in [2.24, 2.45) is 23.7 Å². The maximum absolute atomic E-state index is 12.6. The highest BCUT2D eigenvalue weighted by molar-refractivity contribution is 5.97. The number of carboxylic acid groups (broad SMARTS) is 1. The minimum atomic E-state index is -0.880. The molecule has 0 aliphatic heterocycles. The van der Waals surface area contributed by atoms with E-state index in [0.29, 0.717) is 5.82 Å². The molecule has 1 aromatic rings. The zero-order chi connectivity index (χ0) is 14.3. The summed E-state index contributed by atoms with van der Waals surface area (Å²) in [6.45, 7) is 0. The number of carbonyl (C=O) groups excluding carboxylic acids is 1. The van der Waals surface area contributed by atoms with E-state index in [0.717, 1.165) is 6.42 Å². The standard InChI is InChI=1S/C15H16N2O3/c1-17(11-4-2-3-7-16-11)14(18)12-9-5-6-10(8-9)13(12)15(19)20/h2-7,9-10,12-13H,8H2,1H3,(H,19,20). The Morgan fingerprint density at radius 3 is 2.55 bits per heavy atom. The van der Waals surface area contributed by atoms with Gasteiger partial charge in [0.05, 0.1) is 11.8 Å². The van der Waals surface area contributed by atoms with Gasteiger partial charge in [-0.15, -0.1) is 0 Å². The number of aromatic nitrogens is 1. The van der Waals surface area contributed by atoms with Gasteiger partial charge in [-0.05, 0) is 30.4 Å². The second kappa shape index (κ2) is 4.74. The van der Waals surface area contributed by atoms with Crippen molar-refractivity contribution in [1.29, 1.82) is 0 Å². The van der Waals surface area contributed by atoms with Gasteiger partial charge in [-0.25, -0.2) is 4.98 Å². The molecule has 5 heteroatoms. The summed E-state index contributed by atoms with van der Waals surface area (Å²) < 4.78 is 0. The molecule has 0 saturated heterocycles. The van der Waals surface area contributed by atoms with Crippen molar-refractivity contribution in [2.75, 3.05) is 11.9 Å². The number of pyridine rings is 1. The third-order valence-corrected chi connectivity index (χ3v) is 4.35. The number of allylic oxidation sites excluding steroid dienone is 2. The third kappa shape index (κ3) is 1.90. The summed E-state index contributed by atoms with van der Waals surface area (Å²) in [4.78, 5) is 29.7. The third-order valence-electron chi connectivity index (χ3n) is 4.35. The van der Waals surface area contributed by atoms with Crippen molar-refractivity contribution < 1.29 is 14.7 Å². The van der Waals surface area contributed by atoms with E-state index in [1.54, 1.807) is 25.4 Å². The molecule has 0 radical (unpaired) electrons. The van der Waals surface area contributed by atoms with Gasteiger partial charge in [0.15, 0.2) is 0 Å². The second-order valence-electron chi connectivity index (χ2n) is 5.42. The molecule has 2 aliphatic rings. The molecule has 0 spiro atoms. The normalized spacial score (nSPS) is 30.4. The molecule has 20 heavy (non-hydrogen) atoms. The summed E-state index contributed by atoms with van der Waals surface area (Å²) in [6.07, 6.45) is 6.31. The van der Waals surface area contributed by atoms with Crippen LogP contribution in [0, 0.1) is 23.7 Å².